The molecule has 26 heavy (non-hydrogen) atoms. The Morgan fingerprint density at radius 1 is 1.00 bits per heavy atom. The molecule has 0 unspecified atom stereocenters. The van der Waals surface area contributed by atoms with E-state index in [-0.39, 0.29) is 0 Å². The highest BCUT2D eigenvalue weighted by Gasteiger charge is 2.10. The maximum absolute atomic E-state index is 10.8. The summed E-state index contributed by atoms with van der Waals surface area (Å²) in [6.45, 7) is 0. The van der Waals surface area contributed by atoms with Crippen molar-refractivity contribution in [2.24, 2.45) is 0 Å². The van der Waals surface area contributed by atoms with Crippen molar-refractivity contribution in [2.75, 3.05) is 7.11 Å². The molecule has 0 spiro atoms. The number of thiazole rings is 1. The Hall–Kier alpha value is -3.18. The number of aromatic nitrogens is 1. The molecule has 4 rings (SSSR count). The molecular weight excluding hydrogens is 346 g/mol. The monoisotopic (exact) mass is 361 g/mol. The van der Waals surface area contributed by atoms with Gasteiger partial charge in [-0.1, -0.05) is 30.3 Å². The summed E-state index contributed by atoms with van der Waals surface area (Å²) < 4.78 is 10.8. The molecule has 4 nitrogen and oxygen atoms in total. The van der Waals surface area contributed by atoms with Gasteiger partial charge in [0.2, 0.25) is 0 Å². The number of ether oxygens (including phenoxy) is 1. The minimum atomic E-state index is 0.319. The molecule has 0 saturated carbocycles. The molecule has 0 atom stereocenters. The van der Waals surface area contributed by atoms with Crippen LogP contribution in [0.4, 0.5) is 0 Å². The number of methoxy groups -OCH3 is 1. The standard InChI is InChI=1S/C21H15NO3S/c1-24-17-7-3-4-14(11-17)19-13-26-21(22-19)16-6-2-5-15(10-16)20-9-8-18(12-23)25-20/h2-13H,1H3. The van der Waals surface area contributed by atoms with Gasteiger partial charge in [-0.05, 0) is 30.3 Å². The van der Waals surface area contributed by atoms with Gasteiger partial charge in [0.15, 0.2) is 12.0 Å². The number of furan rings is 1. The van der Waals surface area contributed by atoms with Crippen LogP contribution in [0.25, 0.3) is 33.2 Å². The van der Waals surface area contributed by atoms with Crippen LogP contribution in [0.1, 0.15) is 10.6 Å². The molecular formula is C21H15NO3S. The fourth-order valence-corrected chi connectivity index (χ4v) is 3.52. The second kappa shape index (κ2) is 6.98. The van der Waals surface area contributed by atoms with Gasteiger partial charge in [-0.3, -0.25) is 4.79 Å². The van der Waals surface area contributed by atoms with E-state index in [4.69, 9.17) is 14.1 Å². The highest BCUT2D eigenvalue weighted by atomic mass is 32.1. The van der Waals surface area contributed by atoms with Crippen LogP contribution in [-0.4, -0.2) is 18.4 Å². The number of rotatable bonds is 5. The van der Waals surface area contributed by atoms with E-state index in [1.165, 1.54) is 0 Å². The van der Waals surface area contributed by atoms with E-state index < -0.39 is 0 Å². The van der Waals surface area contributed by atoms with Crippen LogP contribution < -0.4 is 4.74 Å². The van der Waals surface area contributed by atoms with Gasteiger partial charge >= 0.3 is 0 Å². The van der Waals surface area contributed by atoms with Crippen molar-refractivity contribution in [1.29, 1.82) is 0 Å². The van der Waals surface area contributed by atoms with E-state index >= 15 is 0 Å². The lowest BCUT2D eigenvalue weighted by Crippen LogP contribution is -1.84. The van der Waals surface area contributed by atoms with Crippen LogP contribution in [0, 0.1) is 0 Å². The second-order valence-corrected chi connectivity index (χ2v) is 6.53. The Labute approximate surface area is 154 Å². The summed E-state index contributed by atoms with van der Waals surface area (Å²) in [6, 6.07) is 19.3. The first-order valence-electron chi connectivity index (χ1n) is 8.02. The topological polar surface area (TPSA) is 52.3 Å². The first-order chi connectivity index (χ1) is 12.8. The normalized spacial score (nSPS) is 10.7. The molecule has 0 N–H and O–H groups in total. The summed E-state index contributed by atoms with van der Waals surface area (Å²) in [5, 5.41) is 2.96. The summed E-state index contributed by atoms with van der Waals surface area (Å²) >= 11 is 1.59. The third-order valence-corrected chi connectivity index (χ3v) is 4.90. The summed E-state index contributed by atoms with van der Waals surface area (Å²) in [6.07, 6.45) is 0.703. The van der Waals surface area contributed by atoms with Crippen LogP contribution in [0.5, 0.6) is 5.75 Å². The average molecular weight is 361 g/mol. The van der Waals surface area contributed by atoms with Crippen molar-refractivity contribution in [3.63, 3.8) is 0 Å². The van der Waals surface area contributed by atoms with Gasteiger partial charge in [-0.25, -0.2) is 4.98 Å². The van der Waals surface area contributed by atoms with Crippen molar-refractivity contribution < 1.29 is 13.9 Å². The minimum absolute atomic E-state index is 0.319. The largest absolute Gasteiger partial charge is 0.497 e. The fraction of sp³-hybridized carbons (Fsp3) is 0.0476. The van der Waals surface area contributed by atoms with Gasteiger partial charge in [-0.15, -0.1) is 11.3 Å². The van der Waals surface area contributed by atoms with E-state index in [0.717, 1.165) is 33.1 Å². The molecule has 4 aromatic rings. The predicted molar refractivity (Wildman–Crippen MR) is 103 cm³/mol. The van der Waals surface area contributed by atoms with Gasteiger partial charge in [0.25, 0.3) is 0 Å². The van der Waals surface area contributed by atoms with E-state index in [2.05, 4.69) is 0 Å². The van der Waals surface area contributed by atoms with Crippen LogP contribution in [0.3, 0.4) is 0 Å². The van der Waals surface area contributed by atoms with Crippen molar-refractivity contribution in [3.05, 3.63) is 71.8 Å². The molecule has 0 aliphatic carbocycles. The molecule has 2 aromatic heterocycles. The lowest BCUT2D eigenvalue weighted by Gasteiger charge is -2.02. The van der Waals surface area contributed by atoms with Gasteiger partial charge in [0.1, 0.15) is 16.5 Å². The highest BCUT2D eigenvalue weighted by Crippen LogP contribution is 2.32. The van der Waals surface area contributed by atoms with Crippen molar-refractivity contribution in [2.45, 2.75) is 0 Å². The zero-order chi connectivity index (χ0) is 17.9. The number of carbonyl (C=O) groups excluding carboxylic acids is 1. The van der Waals surface area contributed by atoms with Gasteiger partial charge in [0.05, 0.1) is 12.8 Å². The summed E-state index contributed by atoms with van der Waals surface area (Å²) in [4.78, 5) is 15.6. The molecule has 0 bridgehead atoms. The Morgan fingerprint density at radius 3 is 2.62 bits per heavy atom. The van der Waals surface area contributed by atoms with E-state index in [1.54, 1.807) is 30.6 Å². The first kappa shape index (κ1) is 16.3. The Bertz CT molecular complexity index is 1060. The Kier molecular flexibility index (Phi) is 4.37. The van der Waals surface area contributed by atoms with Crippen LogP contribution >= 0.6 is 11.3 Å². The van der Waals surface area contributed by atoms with Crippen LogP contribution in [0.2, 0.25) is 0 Å². The minimum Gasteiger partial charge on any atom is -0.497 e. The Morgan fingerprint density at radius 2 is 1.81 bits per heavy atom. The maximum atomic E-state index is 10.8. The number of nitrogens with zero attached hydrogens (tertiary/aromatic N) is 1. The predicted octanol–water partition coefficient (Wildman–Crippen LogP) is 5.56. The molecule has 2 aromatic carbocycles. The maximum Gasteiger partial charge on any atom is 0.185 e. The van der Waals surface area contributed by atoms with E-state index in [1.807, 2.05) is 53.9 Å². The quantitative estimate of drug-likeness (QED) is 0.437. The van der Waals surface area contributed by atoms with Crippen LogP contribution in [0.15, 0.2) is 70.5 Å². The second-order valence-electron chi connectivity index (χ2n) is 5.67. The number of carbonyl (C=O) groups is 1. The summed E-state index contributed by atoms with van der Waals surface area (Å²) in [5.74, 6) is 1.79. The fourth-order valence-electron chi connectivity index (χ4n) is 2.70. The highest BCUT2D eigenvalue weighted by molar-refractivity contribution is 7.13. The van der Waals surface area contributed by atoms with Gasteiger partial charge in [-0.2, -0.15) is 0 Å². The molecule has 0 aliphatic heterocycles. The number of hydrogen-bond acceptors (Lipinski definition) is 5. The van der Waals surface area contributed by atoms with E-state index in [0.29, 0.717) is 17.8 Å². The smallest absolute Gasteiger partial charge is 0.185 e. The molecule has 0 radical (unpaired) electrons. The van der Waals surface area contributed by atoms with Gasteiger partial charge < -0.3 is 9.15 Å². The molecule has 0 amide bonds. The summed E-state index contributed by atoms with van der Waals surface area (Å²) in [5.41, 5.74) is 3.85. The summed E-state index contributed by atoms with van der Waals surface area (Å²) in [7, 11) is 1.65. The van der Waals surface area contributed by atoms with E-state index in [9.17, 15) is 4.79 Å². The van der Waals surface area contributed by atoms with Crippen LogP contribution in [-0.2, 0) is 0 Å². The number of aldehydes is 1. The number of hydrogen-bond donors (Lipinski definition) is 0. The zero-order valence-electron chi connectivity index (χ0n) is 14.0. The lowest BCUT2D eigenvalue weighted by atomic mass is 10.1. The SMILES string of the molecule is COc1cccc(-c2csc(-c3cccc(-c4ccc(C=O)o4)c3)n2)c1. The molecule has 2 heterocycles. The van der Waals surface area contributed by atoms with Crippen molar-refractivity contribution >= 4 is 17.6 Å². The third-order valence-electron chi connectivity index (χ3n) is 4.01. The Balaban J connectivity index is 1.67. The average Bonchev–Trinajstić information content (AvgIpc) is 3.38. The third kappa shape index (κ3) is 3.17. The molecule has 0 fully saturated rings. The molecule has 0 aliphatic rings. The van der Waals surface area contributed by atoms with Crippen molar-refractivity contribution in [3.8, 4) is 38.9 Å². The molecule has 0 saturated heterocycles. The zero-order valence-corrected chi connectivity index (χ0v) is 14.8. The van der Waals surface area contributed by atoms with Crippen molar-refractivity contribution in [1.82, 2.24) is 4.98 Å². The number of benzene rings is 2. The van der Waals surface area contributed by atoms with Gasteiger partial charge in [0, 0.05) is 22.1 Å². The first-order valence-corrected chi connectivity index (χ1v) is 8.90. The molecule has 5 heteroatoms. The molecule has 128 valence electrons. The lowest BCUT2D eigenvalue weighted by molar-refractivity contribution is 0.110.